The summed E-state index contributed by atoms with van der Waals surface area (Å²) < 4.78 is 18.7. The second-order valence-electron chi connectivity index (χ2n) is 6.39. The first kappa shape index (κ1) is 18.2. The average molecular weight is 399 g/mol. The first-order chi connectivity index (χ1) is 13.5. The molecule has 2 aromatic carbocycles. The normalized spacial score (nSPS) is 11.1. The molecule has 4 rings (SSSR count). The van der Waals surface area contributed by atoms with E-state index in [-0.39, 0.29) is 16.5 Å². The molecule has 0 aliphatic carbocycles. The minimum atomic E-state index is -0.512. The van der Waals surface area contributed by atoms with E-state index in [0.29, 0.717) is 24.7 Å². The Hall–Kier alpha value is -3.19. The van der Waals surface area contributed by atoms with Crippen LogP contribution >= 0.6 is 11.6 Å². The Bertz CT molecular complexity index is 1120. The van der Waals surface area contributed by atoms with Crippen LogP contribution in [0.2, 0.25) is 5.02 Å². The number of halogens is 2. The number of fused-ring (bicyclic) bond motifs is 1. The molecule has 6 nitrogen and oxygen atoms in total. The molecule has 0 unspecified atom stereocenters. The second-order valence-corrected chi connectivity index (χ2v) is 6.79. The number of amides is 1. The van der Waals surface area contributed by atoms with Gasteiger partial charge in [0, 0.05) is 30.9 Å². The Labute approximate surface area is 164 Å². The molecule has 0 bridgehead atoms. The molecule has 0 aliphatic heterocycles. The Morgan fingerprint density at radius 1 is 1.25 bits per heavy atom. The molecular weight excluding hydrogens is 383 g/mol. The number of aromatic amines is 1. The zero-order valence-electron chi connectivity index (χ0n) is 14.9. The van der Waals surface area contributed by atoms with Crippen molar-refractivity contribution in [3.8, 4) is 11.6 Å². The third-order valence-electron chi connectivity index (χ3n) is 4.40. The molecule has 0 atom stereocenters. The van der Waals surface area contributed by atoms with E-state index in [1.165, 1.54) is 17.0 Å². The lowest BCUT2D eigenvalue weighted by Gasteiger charge is -2.17. The number of likely N-dealkylation sites (N-methyl/N-ethyl adjacent to an activating group) is 1. The molecule has 0 saturated carbocycles. The van der Waals surface area contributed by atoms with Gasteiger partial charge in [0.1, 0.15) is 11.5 Å². The molecule has 0 spiro atoms. The zero-order valence-corrected chi connectivity index (χ0v) is 15.7. The lowest BCUT2D eigenvalue weighted by atomic mass is 10.2. The van der Waals surface area contributed by atoms with E-state index in [0.717, 1.165) is 22.7 Å². The van der Waals surface area contributed by atoms with Crippen LogP contribution in [-0.4, -0.2) is 39.5 Å². The largest absolute Gasteiger partial charge is 0.351 e. The Kier molecular flexibility index (Phi) is 4.83. The molecule has 8 heteroatoms. The van der Waals surface area contributed by atoms with Crippen molar-refractivity contribution in [1.29, 1.82) is 0 Å². The van der Waals surface area contributed by atoms with Gasteiger partial charge in [0.2, 0.25) is 0 Å². The fourth-order valence-electron chi connectivity index (χ4n) is 2.89. The minimum absolute atomic E-state index is 0.121. The molecule has 2 heterocycles. The Morgan fingerprint density at radius 3 is 2.89 bits per heavy atom. The standard InChI is InChI=1S/C20H16ClFN4O2/c1-26(20(27)14-11-13(22)6-7-15(14)21)9-8-18-24-19(28-25-18)17-10-12-4-2-3-5-16(12)23-17/h2-7,10-11,23H,8-9H2,1H3. The van der Waals surface area contributed by atoms with Crippen LogP contribution in [0.3, 0.4) is 0 Å². The van der Waals surface area contributed by atoms with Crippen molar-refractivity contribution in [3.63, 3.8) is 0 Å². The predicted octanol–water partition coefficient (Wildman–Crippen LogP) is 4.33. The van der Waals surface area contributed by atoms with E-state index < -0.39 is 5.82 Å². The predicted molar refractivity (Wildman–Crippen MR) is 104 cm³/mol. The Morgan fingerprint density at radius 2 is 2.07 bits per heavy atom. The van der Waals surface area contributed by atoms with Gasteiger partial charge in [-0.05, 0) is 30.3 Å². The number of nitrogens with one attached hydrogen (secondary N) is 1. The van der Waals surface area contributed by atoms with Gasteiger partial charge >= 0.3 is 0 Å². The van der Waals surface area contributed by atoms with E-state index in [1.807, 2.05) is 30.3 Å². The van der Waals surface area contributed by atoms with Gasteiger partial charge in [-0.15, -0.1) is 0 Å². The smallest absolute Gasteiger partial charge is 0.274 e. The van der Waals surface area contributed by atoms with Crippen LogP contribution in [0.4, 0.5) is 4.39 Å². The Balaban J connectivity index is 1.44. The molecule has 0 radical (unpaired) electrons. The van der Waals surface area contributed by atoms with Gasteiger partial charge < -0.3 is 14.4 Å². The highest BCUT2D eigenvalue weighted by Gasteiger charge is 2.17. The van der Waals surface area contributed by atoms with Gasteiger partial charge in [-0.2, -0.15) is 4.98 Å². The van der Waals surface area contributed by atoms with Gasteiger partial charge in [0.25, 0.3) is 11.8 Å². The van der Waals surface area contributed by atoms with Crippen molar-refractivity contribution in [2.75, 3.05) is 13.6 Å². The number of rotatable bonds is 5. The number of carbonyl (C=O) groups is 1. The molecule has 0 aliphatic rings. The third-order valence-corrected chi connectivity index (χ3v) is 4.73. The monoisotopic (exact) mass is 398 g/mol. The van der Waals surface area contributed by atoms with Gasteiger partial charge in [0.15, 0.2) is 5.82 Å². The number of hydrogen-bond donors (Lipinski definition) is 1. The quantitative estimate of drug-likeness (QED) is 0.543. The van der Waals surface area contributed by atoms with Crippen LogP contribution < -0.4 is 0 Å². The molecule has 1 N–H and O–H groups in total. The van der Waals surface area contributed by atoms with Crippen LogP contribution in [0.15, 0.2) is 53.1 Å². The number of hydrogen-bond acceptors (Lipinski definition) is 4. The van der Waals surface area contributed by atoms with Gasteiger partial charge in [-0.1, -0.05) is 35.0 Å². The summed E-state index contributed by atoms with van der Waals surface area (Å²) in [6.45, 7) is 0.331. The summed E-state index contributed by atoms with van der Waals surface area (Å²) in [6.07, 6.45) is 0.388. The molecular formula is C20H16ClFN4O2. The van der Waals surface area contributed by atoms with Crippen LogP contribution in [0, 0.1) is 5.82 Å². The van der Waals surface area contributed by atoms with E-state index in [2.05, 4.69) is 15.1 Å². The zero-order chi connectivity index (χ0) is 19.7. The van der Waals surface area contributed by atoms with E-state index >= 15 is 0 Å². The summed E-state index contributed by atoms with van der Waals surface area (Å²) in [5.41, 5.74) is 1.83. The van der Waals surface area contributed by atoms with E-state index in [4.69, 9.17) is 16.1 Å². The second kappa shape index (κ2) is 7.44. The lowest BCUT2D eigenvalue weighted by molar-refractivity contribution is 0.0795. The number of benzene rings is 2. The van der Waals surface area contributed by atoms with Crippen LogP contribution in [0.25, 0.3) is 22.5 Å². The number of H-pyrrole nitrogens is 1. The third kappa shape index (κ3) is 3.61. The van der Waals surface area contributed by atoms with Crippen molar-refractivity contribution >= 4 is 28.4 Å². The van der Waals surface area contributed by atoms with Crippen molar-refractivity contribution in [3.05, 3.63) is 70.8 Å². The number of aromatic nitrogens is 3. The highest BCUT2D eigenvalue weighted by Crippen LogP contribution is 2.23. The molecule has 142 valence electrons. The number of carbonyl (C=O) groups excluding carboxylic acids is 1. The van der Waals surface area contributed by atoms with Gasteiger partial charge in [-0.25, -0.2) is 4.39 Å². The summed E-state index contributed by atoms with van der Waals surface area (Å²) in [7, 11) is 1.61. The molecule has 0 saturated heterocycles. The maximum Gasteiger partial charge on any atom is 0.274 e. The SMILES string of the molecule is CN(CCc1noc(-c2cc3ccccc3[nH]2)n1)C(=O)c1cc(F)ccc1Cl. The van der Waals surface area contributed by atoms with E-state index in [1.54, 1.807) is 7.05 Å². The highest BCUT2D eigenvalue weighted by molar-refractivity contribution is 6.33. The fourth-order valence-corrected chi connectivity index (χ4v) is 3.09. The van der Waals surface area contributed by atoms with Crippen molar-refractivity contribution < 1.29 is 13.7 Å². The molecule has 28 heavy (non-hydrogen) atoms. The molecule has 0 fully saturated rings. The first-order valence-electron chi connectivity index (χ1n) is 8.62. The van der Waals surface area contributed by atoms with Crippen molar-refractivity contribution in [2.24, 2.45) is 0 Å². The number of nitrogens with zero attached hydrogens (tertiary/aromatic N) is 3. The van der Waals surface area contributed by atoms with Crippen LogP contribution in [-0.2, 0) is 6.42 Å². The summed E-state index contributed by atoms with van der Waals surface area (Å²) >= 11 is 6.00. The van der Waals surface area contributed by atoms with Gasteiger partial charge in [0.05, 0.1) is 10.6 Å². The van der Waals surface area contributed by atoms with Gasteiger partial charge in [-0.3, -0.25) is 4.79 Å². The van der Waals surface area contributed by atoms with Crippen molar-refractivity contribution in [2.45, 2.75) is 6.42 Å². The highest BCUT2D eigenvalue weighted by atomic mass is 35.5. The maximum atomic E-state index is 13.4. The van der Waals surface area contributed by atoms with Crippen molar-refractivity contribution in [1.82, 2.24) is 20.0 Å². The first-order valence-corrected chi connectivity index (χ1v) is 9.00. The number of para-hydroxylation sites is 1. The summed E-state index contributed by atoms with van der Waals surface area (Å²) in [5, 5.41) is 5.23. The summed E-state index contributed by atoms with van der Waals surface area (Å²) in [6, 6.07) is 13.5. The lowest BCUT2D eigenvalue weighted by Crippen LogP contribution is -2.29. The molecule has 2 aromatic heterocycles. The fraction of sp³-hybridized carbons (Fsp3) is 0.150. The topological polar surface area (TPSA) is 75.0 Å². The van der Waals surface area contributed by atoms with E-state index in [9.17, 15) is 9.18 Å². The maximum absolute atomic E-state index is 13.4. The summed E-state index contributed by atoms with van der Waals surface area (Å²) in [4.78, 5) is 21.5. The van der Waals surface area contributed by atoms with Crippen LogP contribution in [0.5, 0.6) is 0 Å². The molecule has 1 amide bonds. The summed E-state index contributed by atoms with van der Waals surface area (Å²) in [5.74, 6) is -0.0295. The van der Waals surface area contributed by atoms with Crippen LogP contribution in [0.1, 0.15) is 16.2 Å². The molecule has 4 aromatic rings. The average Bonchev–Trinajstić information content (AvgIpc) is 3.34. The minimum Gasteiger partial charge on any atom is -0.351 e.